The lowest BCUT2D eigenvalue weighted by Crippen LogP contribution is -2.51. The van der Waals surface area contributed by atoms with Crippen molar-refractivity contribution in [3.8, 4) is 5.75 Å². The van der Waals surface area contributed by atoms with Gasteiger partial charge in [0.25, 0.3) is 0 Å². The van der Waals surface area contributed by atoms with E-state index in [1.807, 2.05) is 26.2 Å². The zero-order valence-electron chi connectivity index (χ0n) is 20.0. The summed E-state index contributed by atoms with van der Waals surface area (Å²) in [7, 11) is 4.02. The fourth-order valence-electron chi connectivity index (χ4n) is 5.45. The third-order valence-corrected chi connectivity index (χ3v) is 7.63. The van der Waals surface area contributed by atoms with Crippen LogP contribution in [0.2, 0.25) is 5.02 Å². The normalized spacial score (nSPS) is 21.8. The Morgan fingerprint density at radius 2 is 1.74 bits per heavy atom. The summed E-state index contributed by atoms with van der Waals surface area (Å²) in [4.78, 5) is 4.66. The molecule has 4 rings (SSSR count). The number of ether oxygens (including phenoxy) is 1. The summed E-state index contributed by atoms with van der Waals surface area (Å²) in [6.07, 6.45) is 1.37. The predicted molar refractivity (Wildman–Crippen MR) is 131 cm³/mol. The second kappa shape index (κ2) is 10.5. The van der Waals surface area contributed by atoms with E-state index in [4.69, 9.17) is 16.3 Å². The number of hydrogen-bond acceptors (Lipinski definition) is 3. The van der Waals surface area contributed by atoms with Crippen molar-refractivity contribution in [3.05, 3.63) is 64.7 Å². The number of rotatable bonds is 8. The Bertz CT molecular complexity index is 926. The minimum atomic E-state index is -4.34. The first-order valence-electron chi connectivity index (χ1n) is 12.1. The summed E-state index contributed by atoms with van der Waals surface area (Å²) >= 11 is 6.12. The fraction of sp³-hybridized carbons (Fsp3) is 0.556. The van der Waals surface area contributed by atoms with Gasteiger partial charge in [0, 0.05) is 36.0 Å². The molecule has 0 aromatic heterocycles. The number of piperidine rings is 1. The maximum atomic E-state index is 12.9. The number of likely N-dealkylation sites (tertiary alicyclic amines) is 1. The van der Waals surface area contributed by atoms with Crippen molar-refractivity contribution in [2.24, 2.45) is 5.92 Å². The number of benzene rings is 2. The van der Waals surface area contributed by atoms with Gasteiger partial charge < -0.3 is 14.5 Å². The molecule has 1 saturated carbocycles. The van der Waals surface area contributed by atoms with Crippen molar-refractivity contribution in [1.29, 1.82) is 0 Å². The first-order valence-corrected chi connectivity index (χ1v) is 12.5. The highest BCUT2D eigenvalue weighted by atomic mass is 35.5. The van der Waals surface area contributed by atoms with Crippen LogP contribution in [0.4, 0.5) is 13.2 Å². The third-order valence-electron chi connectivity index (χ3n) is 7.38. The zero-order chi connectivity index (χ0) is 24.3. The van der Waals surface area contributed by atoms with E-state index in [0.29, 0.717) is 11.7 Å². The molecular weight excluding hydrogens is 461 g/mol. The van der Waals surface area contributed by atoms with Crippen LogP contribution >= 0.6 is 11.6 Å². The summed E-state index contributed by atoms with van der Waals surface area (Å²) in [5.74, 6) is 0.814. The molecule has 0 radical (unpaired) electrons. The van der Waals surface area contributed by atoms with E-state index in [1.165, 1.54) is 37.0 Å². The average molecular weight is 495 g/mol. The molecule has 1 saturated heterocycles. The van der Waals surface area contributed by atoms with Crippen LogP contribution in [0.5, 0.6) is 5.75 Å². The Morgan fingerprint density at radius 1 is 1.06 bits per heavy atom. The Hall–Kier alpha value is -1.76. The molecule has 3 nitrogen and oxygen atoms in total. The minimum Gasteiger partial charge on any atom is -0.489 e. The molecule has 1 heterocycles. The molecule has 0 unspecified atom stereocenters. The molecule has 186 valence electrons. The molecule has 0 amide bonds. The second-order valence-corrected chi connectivity index (χ2v) is 10.7. The topological polar surface area (TPSA) is 15.7 Å². The van der Waals surface area contributed by atoms with Crippen molar-refractivity contribution < 1.29 is 17.9 Å². The van der Waals surface area contributed by atoms with Gasteiger partial charge in [-0.2, -0.15) is 13.2 Å². The summed E-state index contributed by atoms with van der Waals surface area (Å²) in [6.45, 7) is 3.76. The minimum absolute atomic E-state index is 0.0811. The molecule has 2 aromatic carbocycles. The number of alkyl halides is 3. The van der Waals surface area contributed by atoms with Crippen LogP contribution in [-0.2, 0) is 11.6 Å². The molecule has 7 heteroatoms. The number of nitrogens with zero attached hydrogens (tertiary/aromatic N) is 2. The molecule has 1 aliphatic carbocycles. The van der Waals surface area contributed by atoms with E-state index < -0.39 is 11.7 Å². The quantitative estimate of drug-likeness (QED) is 0.416. The molecule has 2 aliphatic rings. The van der Waals surface area contributed by atoms with E-state index in [-0.39, 0.29) is 11.5 Å². The molecule has 2 aromatic rings. The first kappa shape index (κ1) is 25.3. The highest BCUT2D eigenvalue weighted by Crippen LogP contribution is 2.45. The predicted octanol–water partition coefficient (Wildman–Crippen LogP) is 6.50. The van der Waals surface area contributed by atoms with Crippen LogP contribution in [-0.4, -0.2) is 56.2 Å². The second-order valence-electron chi connectivity index (χ2n) is 10.2. The van der Waals surface area contributed by atoms with E-state index in [9.17, 15) is 13.2 Å². The van der Waals surface area contributed by atoms with Gasteiger partial charge in [0.05, 0.1) is 5.56 Å². The Morgan fingerprint density at radius 3 is 2.29 bits per heavy atom. The molecule has 2 atom stereocenters. The van der Waals surface area contributed by atoms with Gasteiger partial charge >= 0.3 is 6.18 Å². The van der Waals surface area contributed by atoms with Crippen LogP contribution in [0.15, 0.2) is 48.5 Å². The molecule has 2 fully saturated rings. The zero-order valence-corrected chi connectivity index (χ0v) is 20.7. The van der Waals surface area contributed by atoms with Gasteiger partial charge in [-0.15, -0.1) is 0 Å². The van der Waals surface area contributed by atoms with Crippen LogP contribution < -0.4 is 4.74 Å². The van der Waals surface area contributed by atoms with Gasteiger partial charge in [-0.1, -0.05) is 30.2 Å². The monoisotopic (exact) mass is 494 g/mol. The highest BCUT2D eigenvalue weighted by molar-refractivity contribution is 6.30. The molecular formula is C27H34ClF3N2O. The van der Waals surface area contributed by atoms with E-state index >= 15 is 0 Å². The van der Waals surface area contributed by atoms with Crippen molar-refractivity contribution in [3.63, 3.8) is 0 Å². The fourth-order valence-corrected chi connectivity index (χ4v) is 5.58. The van der Waals surface area contributed by atoms with Gasteiger partial charge in [0.1, 0.15) is 11.9 Å². The summed E-state index contributed by atoms with van der Waals surface area (Å²) in [6, 6.07) is 13.4. The lowest BCUT2D eigenvalue weighted by Gasteiger charge is -2.48. The SMILES string of the molecule is CN(C)C[C@H](Oc1ccc(C(F)(F)F)cc1)[C@H]1CCCN(CC2(c3ccc(Cl)cc3)CCC2)C1. The van der Waals surface area contributed by atoms with Gasteiger partial charge in [-0.3, -0.25) is 0 Å². The average Bonchev–Trinajstić information content (AvgIpc) is 2.76. The van der Waals surface area contributed by atoms with Crippen LogP contribution in [0.3, 0.4) is 0 Å². The van der Waals surface area contributed by atoms with Crippen molar-refractivity contribution in [2.45, 2.75) is 49.8 Å². The molecule has 34 heavy (non-hydrogen) atoms. The van der Waals surface area contributed by atoms with Crippen LogP contribution in [0.25, 0.3) is 0 Å². The number of hydrogen-bond donors (Lipinski definition) is 0. The number of likely N-dealkylation sites (N-methyl/N-ethyl adjacent to an activating group) is 1. The van der Waals surface area contributed by atoms with E-state index in [0.717, 1.165) is 56.2 Å². The third kappa shape index (κ3) is 6.07. The summed E-state index contributed by atoms with van der Waals surface area (Å²) < 4.78 is 45.1. The smallest absolute Gasteiger partial charge is 0.416 e. The van der Waals surface area contributed by atoms with Crippen molar-refractivity contribution >= 4 is 11.6 Å². The molecule has 0 spiro atoms. The van der Waals surface area contributed by atoms with Crippen molar-refractivity contribution in [2.75, 3.05) is 40.3 Å². The van der Waals surface area contributed by atoms with Gasteiger partial charge in [-0.05, 0) is 88.3 Å². The Balaban J connectivity index is 1.45. The molecule has 0 N–H and O–H groups in total. The molecule has 1 aliphatic heterocycles. The lowest BCUT2D eigenvalue weighted by atomic mass is 9.64. The van der Waals surface area contributed by atoms with Gasteiger partial charge in [0.15, 0.2) is 0 Å². The summed E-state index contributed by atoms with van der Waals surface area (Å²) in [5.41, 5.74) is 0.912. The highest BCUT2D eigenvalue weighted by Gasteiger charge is 2.41. The number of halogens is 4. The van der Waals surface area contributed by atoms with Crippen molar-refractivity contribution in [1.82, 2.24) is 9.80 Å². The van der Waals surface area contributed by atoms with Crippen LogP contribution in [0.1, 0.15) is 43.2 Å². The lowest BCUT2D eigenvalue weighted by molar-refractivity contribution is -0.137. The van der Waals surface area contributed by atoms with Gasteiger partial charge in [0.2, 0.25) is 0 Å². The Labute approximate surface area is 205 Å². The maximum absolute atomic E-state index is 12.9. The van der Waals surface area contributed by atoms with Gasteiger partial charge in [-0.25, -0.2) is 0 Å². The standard InChI is InChI=1S/C27H34ClF3N2O/c1-32(2)18-25(34-24-12-8-22(9-13-24)27(29,30)31)20-5-3-16-33(17-20)19-26(14-4-15-26)21-6-10-23(28)11-7-21/h6-13,20,25H,3-5,14-19H2,1-2H3/t20-,25-/m0/s1. The van der Waals surface area contributed by atoms with Crippen LogP contribution in [0, 0.1) is 5.92 Å². The summed E-state index contributed by atoms with van der Waals surface area (Å²) in [5, 5.41) is 0.767. The first-order chi connectivity index (χ1) is 16.1. The Kier molecular flexibility index (Phi) is 7.80. The molecule has 0 bridgehead atoms. The van der Waals surface area contributed by atoms with E-state index in [2.05, 4.69) is 21.9 Å². The maximum Gasteiger partial charge on any atom is 0.416 e. The largest absolute Gasteiger partial charge is 0.489 e. The van der Waals surface area contributed by atoms with E-state index in [1.54, 1.807) is 0 Å².